The standard InChI is InChI=1S/C60H116O6/c1-6-7-8-9-10-11-12-25-30-35-40-45-50-58(61)64-53-57(66-60(63)52-47-42-37-32-27-22-18-17-20-24-29-34-39-44-49-56(4)5)54-65-59(62)51-46-41-36-31-26-21-16-14-13-15-19-23-28-33-38-43-48-55(2)3/h55-57H,6-54H2,1-5H3/t57-/m1/s1. The Morgan fingerprint density at radius 1 is 0.288 bits per heavy atom. The summed E-state index contributed by atoms with van der Waals surface area (Å²) in [6, 6.07) is 0. The van der Waals surface area contributed by atoms with Gasteiger partial charge >= 0.3 is 17.9 Å². The molecular weight excluding hydrogens is 817 g/mol. The van der Waals surface area contributed by atoms with Crippen LogP contribution in [0, 0.1) is 11.8 Å². The first kappa shape index (κ1) is 64.4. The van der Waals surface area contributed by atoms with Gasteiger partial charge in [0.25, 0.3) is 0 Å². The lowest BCUT2D eigenvalue weighted by Gasteiger charge is -2.18. The summed E-state index contributed by atoms with van der Waals surface area (Å²) < 4.78 is 16.9. The Morgan fingerprint density at radius 2 is 0.500 bits per heavy atom. The first-order valence-corrected chi connectivity index (χ1v) is 29.7. The Morgan fingerprint density at radius 3 is 0.742 bits per heavy atom. The van der Waals surface area contributed by atoms with Crippen molar-refractivity contribution in [2.24, 2.45) is 11.8 Å². The molecular formula is C60H116O6. The minimum absolute atomic E-state index is 0.0623. The van der Waals surface area contributed by atoms with Gasteiger partial charge in [0, 0.05) is 19.3 Å². The van der Waals surface area contributed by atoms with Crippen LogP contribution in [0.5, 0.6) is 0 Å². The summed E-state index contributed by atoms with van der Waals surface area (Å²) in [5.74, 6) is 0.860. The van der Waals surface area contributed by atoms with E-state index in [-0.39, 0.29) is 31.1 Å². The second kappa shape index (κ2) is 52.8. The number of carbonyl (C=O) groups excluding carboxylic acids is 3. The molecule has 0 aliphatic carbocycles. The highest BCUT2D eigenvalue weighted by Crippen LogP contribution is 2.18. The molecule has 6 heteroatoms. The van der Waals surface area contributed by atoms with Crippen LogP contribution in [0.3, 0.4) is 0 Å². The Hall–Kier alpha value is -1.59. The van der Waals surface area contributed by atoms with E-state index in [2.05, 4.69) is 34.6 Å². The molecule has 66 heavy (non-hydrogen) atoms. The van der Waals surface area contributed by atoms with Crippen LogP contribution < -0.4 is 0 Å². The molecule has 0 rings (SSSR count). The summed E-state index contributed by atoms with van der Waals surface area (Å²) in [6.45, 7) is 11.4. The molecule has 0 unspecified atom stereocenters. The summed E-state index contributed by atoms with van der Waals surface area (Å²) >= 11 is 0. The molecule has 0 aliphatic rings. The second-order valence-electron chi connectivity index (χ2n) is 21.6. The van der Waals surface area contributed by atoms with Crippen LogP contribution >= 0.6 is 0 Å². The number of rotatable bonds is 54. The molecule has 0 saturated carbocycles. The van der Waals surface area contributed by atoms with Crippen molar-refractivity contribution in [2.45, 2.75) is 343 Å². The molecule has 392 valence electrons. The first-order valence-electron chi connectivity index (χ1n) is 29.7. The SMILES string of the molecule is CCCCCCCCCCCCCCC(=O)OC[C@H](COC(=O)CCCCCCCCCCCCCCCCCCC(C)C)OC(=O)CCCCCCCCCCCCCCCCC(C)C. The molecule has 0 radical (unpaired) electrons. The lowest BCUT2D eigenvalue weighted by atomic mass is 10.0. The summed E-state index contributed by atoms with van der Waals surface area (Å²) in [6.07, 6.45) is 56.7. The van der Waals surface area contributed by atoms with E-state index in [1.807, 2.05) is 0 Å². The van der Waals surface area contributed by atoms with Crippen LogP contribution in [-0.2, 0) is 28.6 Å². The molecule has 0 amide bonds. The van der Waals surface area contributed by atoms with Crippen molar-refractivity contribution in [1.82, 2.24) is 0 Å². The van der Waals surface area contributed by atoms with Gasteiger partial charge in [-0.3, -0.25) is 14.4 Å². The van der Waals surface area contributed by atoms with Gasteiger partial charge in [0.1, 0.15) is 13.2 Å². The number of ether oxygens (including phenoxy) is 3. The fourth-order valence-electron chi connectivity index (χ4n) is 9.23. The molecule has 0 fully saturated rings. The van der Waals surface area contributed by atoms with Crippen LogP contribution in [0.4, 0.5) is 0 Å². The zero-order chi connectivity index (χ0) is 48.2. The summed E-state index contributed by atoms with van der Waals surface area (Å²) in [5.41, 5.74) is 0. The van der Waals surface area contributed by atoms with Crippen LogP contribution in [0.15, 0.2) is 0 Å². The van der Waals surface area contributed by atoms with E-state index in [0.29, 0.717) is 19.3 Å². The molecule has 0 aliphatic heterocycles. The number of esters is 3. The van der Waals surface area contributed by atoms with E-state index in [1.54, 1.807) is 0 Å². The van der Waals surface area contributed by atoms with Crippen molar-refractivity contribution >= 4 is 17.9 Å². The zero-order valence-electron chi connectivity index (χ0n) is 45.3. The fraction of sp³-hybridized carbons (Fsp3) is 0.950. The molecule has 6 nitrogen and oxygen atoms in total. The average Bonchev–Trinajstić information content (AvgIpc) is 3.29. The van der Waals surface area contributed by atoms with E-state index < -0.39 is 6.10 Å². The van der Waals surface area contributed by atoms with Gasteiger partial charge in [0.15, 0.2) is 6.10 Å². The Balaban J connectivity index is 4.26. The topological polar surface area (TPSA) is 78.9 Å². The smallest absolute Gasteiger partial charge is 0.306 e. The zero-order valence-corrected chi connectivity index (χ0v) is 45.3. The Labute approximate surface area is 412 Å². The van der Waals surface area contributed by atoms with Crippen molar-refractivity contribution in [3.05, 3.63) is 0 Å². The Bertz CT molecular complexity index is 1010. The molecule has 0 aromatic rings. The van der Waals surface area contributed by atoms with E-state index in [9.17, 15) is 14.4 Å². The monoisotopic (exact) mass is 933 g/mol. The maximum absolute atomic E-state index is 12.9. The van der Waals surface area contributed by atoms with Gasteiger partial charge in [-0.15, -0.1) is 0 Å². The van der Waals surface area contributed by atoms with Gasteiger partial charge in [0.05, 0.1) is 0 Å². The van der Waals surface area contributed by atoms with Crippen LogP contribution in [-0.4, -0.2) is 37.2 Å². The third kappa shape index (κ3) is 53.4. The van der Waals surface area contributed by atoms with Gasteiger partial charge in [-0.05, 0) is 31.1 Å². The van der Waals surface area contributed by atoms with Gasteiger partial charge in [0.2, 0.25) is 0 Å². The van der Waals surface area contributed by atoms with Crippen molar-refractivity contribution < 1.29 is 28.6 Å². The van der Waals surface area contributed by atoms with Gasteiger partial charge in [-0.2, -0.15) is 0 Å². The van der Waals surface area contributed by atoms with Gasteiger partial charge < -0.3 is 14.2 Å². The lowest BCUT2D eigenvalue weighted by molar-refractivity contribution is -0.167. The normalized spacial score (nSPS) is 12.0. The van der Waals surface area contributed by atoms with Crippen molar-refractivity contribution in [1.29, 1.82) is 0 Å². The first-order chi connectivity index (χ1) is 32.2. The molecule has 1 atom stereocenters. The molecule has 0 aromatic heterocycles. The van der Waals surface area contributed by atoms with Crippen LogP contribution in [0.1, 0.15) is 336 Å². The predicted molar refractivity (Wildman–Crippen MR) is 284 cm³/mol. The van der Waals surface area contributed by atoms with E-state index in [0.717, 1.165) is 69.6 Å². The van der Waals surface area contributed by atoms with E-state index in [1.165, 1.54) is 225 Å². The molecule has 0 bridgehead atoms. The third-order valence-electron chi connectivity index (χ3n) is 13.7. The highest BCUT2D eigenvalue weighted by atomic mass is 16.6. The molecule has 0 spiro atoms. The predicted octanol–water partition coefficient (Wildman–Crippen LogP) is 19.7. The number of hydrogen-bond donors (Lipinski definition) is 0. The quantitative estimate of drug-likeness (QED) is 0.0343. The Kier molecular flexibility index (Phi) is 51.5. The third-order valence-corrected chi connectivity index (χ3v) is 13.7. The number of carbonyl (C=O) groups is 3. The largest absolute Gasteiger partial charge is 0.462 e. The summed E-state index contributed by atoms with van der Waals surface area (Å²) in [7, 11) is 0. The molecule has 0 aromatic carbocycles. The second-order valence-corrected chi connectivity index (χ2v) is 21.6. The summed E-state index contributed by atoms with van der Waals surface area (Å²) in [5, 5.41) is 0. The summed E-state index contributed by atoms with van der Waals surface area (Å²) in [4.78, 5) is 38.2. The average molecular weight is 934 g/mol. The van der Waals surface area contributed by atoms with E-state index >= 15 is 0 Å². The van der Waals surface area contributed by atoms with Gasteiger partial charge in [-0.25, -0.2) is 0 Å². The number of hydrogen-bond acceptors (Lipinski definition) is 6. The molecule has 0 N–H and O–H groups in total. The molecule has 0 heterocycles. The van der Waals surface area contributed by atoms with Crippen molar-refractivity contribution in [3.8, 4) is 0 Å². The minimum Gasteiger partial charge on any atom is -0.462 e. The fourth-order valence-corrected chi connectivity index (χ4v) is 9.23. The number of unbranched alkanes of at least 4 members (excludes halogenated alkanes) is 39. The lowest BCUT2D eigenvalue weighted by Crippen LogP contribution is -2.30. The van der Waals surface area contributed by atoms with Crippen LogP contribution in [0.25, 0.3) is 0 Å². The van der Waals surface area contributed by atoms with E-state index in [4.69, 9.17) is 14.2 Å². The minimum atomic E-state index is -0.762. The van der Waals surface area contributed by atoms with Crippen LogP contribution in [0.2, 0.25) is 0 Å². The van der Waals surface area contributed by atoms with Gasteiger partial charge in [-0.1, -0.05) is 298 Å². The maximum Gasteiger partial charge on any atom is 0.306 e. The highest BCUT2D eigenvalue weighted by molar-refractivity contribution is 5.71. The maximum atomic E-state index is 12.9. The molecule has 0 saturated heterocycles. The highest BCUT2D eigenvalue weighted by Gasteiger charge is 2.19. The van der Waals surface area contributed by atoms with Crippen molar-refractivity contribution in [3.63, 3.8) is 0 Å². The van der Waals surface area contributed by atoms with Crippen molar-refractivity contribution in [2.75, 3.05) is 13.2 Å².